The maximum absolute atomic E-state index is 12.4. The van der Waals surface area contributed by atoms with E-state index >= 15 is 0 Å². The van der Waals surface area contributed by atoms with Gasteiger partial charge in [-0.2, -0.15) is 0 Å². The summed E-state index contributed by atoms with van der Waals surface area (Å²) >= 11 is 1.12. The zero-order valence-electron chi connectivity index (χ0n) is 18.1. The van der Waals surface area contributed by atoms with E-state index in [2.05, 4.69) is 15.6 Å². The summed E-state index contributed by atoms with van der Waals surface area (Å²) < 4.78 is 10.2. The molecule has 1 aromatic heterocycles. The predicted octanol–water partition coefficient (Wildman–Crippen LogP) is 3.03. The van der Waals surface area contributed by atoms with Crippen LogP contribution in [0.15, 0.2) is 53.9 Å². The normalized spacial score (nSPS) is 11.2. The summed E-state index contributed by atoms with van der Waals surface area (Å²) in [6.45, 7) is 0.938. The first-order valence-electron chi connectivity index (χ1n) is 9.90. The van der Waals surface area contributed by atoms with Crippen molar-refractivity contribution < 1.29 is 28.8 Å². The molecule has 0 aliphatic carbocycles. The molecule has 1 heterocycles. The number of thiazole rings is 1. The molecule has 12 heteroatoms. The van der Waals surface area contributed by atoms with Gasteiger partial charge >= 0.3 is 5.97 Å². The molecule has 1 atom stereocenters. The minimum Gasteiger partial charge on any atom is -0.496 e. The van der Waals surface area contributed by atoms with E-state index in [1.807, 2.05) is 0 Å². The smallest absolute Gasteiger partial charge is 0.326 e. The molecular weight excluding hydrogens is 464 g/mol. The lowest BCUT2D eigenvalue weighted by atomic mass is 10.1. The van der Waals surface area contributed by atoms with Crippen LogP contribution in [0.3, 0.4) is 0 Å². The molecule has 176 valence electrons. The number of anilines is 1. The fourth-order valence-electron chi connectivity index (χ4n) is 2.82. The molecular formula is C22H20N4O7S. The molecule has 0 radical (unpaired) electrons. The average Bonchev–Trinajstić information content (AvgIpc) is 3.31. The largest absolute Gasteiger partial charge is 0.496 e. The number of hydrogen-bond donors (Lipinski definition) is 2. The number of carbonyl (C=O) groups excluding carboxylic acids is 3. The van der Waals surface area contributed by atoms with Gasteiger partial charge in [0.25, 0.3) is 17.5 Å². The van der Waals surface area contributed by atoms with Crippen molar-refractivity contribution in [3.8, 4) is 17.0 Å². The lowest BCUT2D eigenvalue weighted by Gasteiger charge is -2.13. The Balaban J connectivity index is 1.52. The molecule has 0 saturated heterocycles. The Morgan fingerprint density at radius 1 is 1.18 bits per heavy atom. The fourth-order valence-corrected chi connectivity index (χ4v) is 3.54. The summed E-state index contributed by atoms with van der Waals surface area (Å²) in [7, 11) is 1.43. The number of amides is 2. The maximum atomic E-state index is 12.4. The molecule has 2 aromatic carbocycles. The van der Waals surface area contributed by atoms with E-state index in [9.17, 15) is 24.5 Å². The van der Waals surface area contributed by atoms with Crippen LogP contribution in [-0.4, -0.2) is 47.4 Å². The van der Waals surface area contributed by atoms with E-state index in [0.29, 0.717) is 17.0 Å². The summed E-state index contributed by atoms with van der Waals surface area (Å²) in [6.07, 6.45) is -1.15. The number of nitrogens with one attached hydrogen (secondary N) is 2. The predicted molar refractivity (Wildman–Crippen MR) is 124 cm³/mol. The maximum Gasteiger partial charge on any atom is 0.326 e. The van der Waals surface area contributed by atoms with E-state index in [-0.39, 0.29) is 16.4 Å². The Morgan fingerprint density at radius 2 is 1.94 bits per heavy atom. The number of methoxy groups -OCH3 is 1. The van der Waals surface area contributed by atoms with E-state index in [1.54, 1.807) is 41.8 Å². The van der Waals surface area contributed by atoms with Gasteiger partial charge in [-0.25, -0.2) is 4.98 Å². The standard InChI is InChI=1S/C22H20N4O7S/c1-13(33-19(27)11-23-21(29)16-8-3-4-9-18(16)32-2)20(28)25-22-24-17(12-34-22)14-6-5-7-15(10-14)26(30)31/h3-10,12-13H,11H2,1-2H3,(H,23,29)(H,24,25,28). The number of nitro groups is 1. The lowest BCUT2D eigenvalue weighted by molar-refractivity contribution is -0.384. The third kappa shape index (κ3) is 6.13. The fraction of sp³-hybridized carbons (Fsp3) is 0.182. The van der Waals surface area contributed by atoms with Crippen molar-refractivity contribution in [2.24, 2.45) is 0 Å². The number of nitro benzene ring substituents is 1. The topological polar surface area (TPSA) is 150 Å². The van der Waals surface area contributed by atoms with Gasteiger partial charge in [0.1, 0.15) is 12.3 Å². The number of rotatable bonds is 9. The van der Waals surface area contributed by atoms with E-state index in [4.69, 9.17) is 9.47 Å². The van der Waals surface area contributed by atoms with Gasteiger partial charge in [-0.05, 0) is 19.1 Å². The first-order valence-corrected chi connectivity index (χ1v) is 10.8. The number of aromatic nitrogens is 1. The molecule has 0 aliphatic rings. The van der Waals surface area contributed by atoms with E-state index in [0.717, 1.165) is 11.3 Å². The third-order valence-electron chi connectivity index (χ3n) is 4.51. The molecule has 0 saturated carbocycles. The highest BCUT2D eigenvalue weighted by molar-refractivity contribution is 7.14. The van der Waals surface area contributed by atoms with Gasteiger partial charge in [-0.15, -0.1) is 11.3 Å². The minimum atomic E-state index is -1.15. The minimum absolute atomic E-state index is 0.0746. The first kappa shape index (κ1) is 24.3. The van der Waals surface area contributed by atoms with Gasteiger partial charge in [0.2, 0.25) is 0 Å². The molecule has 0 spiro atoms. The van der Waals surface area contributed by atoms with Crippen LogP contribution in [0.25, 0.3) is 11.3 Å². The summed E-state index contributed by atoms with van der Waals surface area (Å²) in [6, 6.07) is 12.5. The zero-order valence-corrected chi connectivity index (χ0v) is 19.0. The van der Waals surface area contributed by atoms with Crippen LogP contribution in [0.1, 0.15) is 17.3 Å². The van der Waals surface area contributed by atoms with Crippen molar-refractivity contribution in [2.75, 3.05) is 19.0 Å². The van der Waals surface area contributed by atoms with Crippen LogP contribution < -0.4 is 15.4 Å². The van der Waals surface area contributed by atoms with Gasteiger partial charge in [-0.3, -0.25) is 29.8 Å². The number of benzene rings is 2. The highest BCUT2D eigenvalue weighted by Crippen LogP contribution is 2.27. The number of esters is 1. The van der Waals surface area contributed by atoms with E-state index < -0.39 is 35.4 Å². The van der Waals surface area contributed by atoms with E-state index in [1.165, 1.54) is 26.2 Å². The van der Waals surface area contributed by atoms with Crippen LogP contribution in [0, 0.1) is 10.1 Å². The molecule has 0 bridgehead atoms. The molecule has 0 aliphatic heterocycles. The molecule has 1 unspecified atom stereocenters. The number of para-hydroxylation sites is 1. The van der Waals surface area contributed by atoms with Crippen molar-refractivity contribution in [1.82, 2.24) is 10.3 Å². The third-order valence-corrected chi connectivity index (χ3v) is 5.27. The van der Waals surface area contributed by atoms with Gasteiger partial charge < -0.3 is 14.8 Å². The van der Waals surface area contributed by atoms with Crippen molar-refractivity contribution in [3.05, 3.63) is 69.6 Å². The molecule has 3 aromatic rings. The Bertz CT molecular complexity index is 1230. The van der Waals surface area contributed by atoms with Crippen molar-refractivity contribution >= 4 is 39.9 Å². The SMILES string of the molecule is COc1ccccc1C(=O)NCC(=O)OC(C)C(=O)Nc1nc(-c2cccc([N+](=O)[O-])c2)cs1. The van der Waals surface area contributed by atoms with Crippen LogP contribution in [-0.2, 0) is 14.3 Å². The summed E-state index contributed by atoms with van der Waals surface area (Å²) in [5, 5.41) is 17.8. The zero-order chi connectivity index (χ0) is 24.7. The molecule has 2 amide bonds. The monoisotopic (exact) mass is 484 g/mol. The summed E-state index contributed by atoms with van der Waals surface area (Å²) in [4.78, 5) is 51.4. The number of carbonyl (C=O) groups is 3. The lowest BCUT2D eigenvalue weighted by Crippen LogP contribution is -2.35. The Hall–Kier alpha value is -4.32. The van der Waals surface area contributed by atoms with Gasteiger partial charge in [0, 0.05) is 23.1 Å². The number of nitrogens with zero attached hydrogens (tertiary/aromatic N) is 2. The number of hydrogen-bond acceptors (Lipinski definition) is 9. The van der Waals surface area contributed by atoms with Crippen LogP contribution >= 0.6 is 11.3 Å². The second-order valence-electron chi connectivity index (χ2n) is 6.85. The highest BCUT2D eigenvalue weighted by atomic mass is 32.1. The molecule has 3 rings (SSSR count). The Labute approximate surface area is 197 Å². The molecule has 2 N–H and O–H groups in total. The van der Waals surface area contributed by atoms with Crippen LogP contribution in [0.2, 0.25) is 0 Å². The van der Waals surface area contributed by atoms with Crippen LogP contribution in [0.5, 0.6) is 5.75 Å². The second kappa shape index (κ2) is 11.0. The Kier molecular flexibility index (Phi) is 7.88. The van der Waals surface area contributed by atoms with Gasteiger partial charge in [-0.1, -0.05) is 24.3 Å². The van der Waals surface area contributed by atoms with Crippen molar-refractivity contribution in [1.29, 1.82) is 0 Å². The quantitative estimate of drug-likeness (QED) is 0.267. The number of non-ortho nitro benzene ring substituents is 1. The average molecular weight is 484 g/mol. The number of ether oxygens (including phenoxy) is 2. The first-order chi connectivity index (χ1) is 16.3. The van der Waals surface area contributed by atoms with Gasteiger partial charge in [0.05, 0.1) is 23.3 Å². The molecule has 0 fully saturated rings. The van der Waals surface area contributed by atoms with Crippen molar-refractivity contribution in [3.63, 3.8) is 0 Å². The molecule has 11 nitrogen and oxygen atoms in total. The van der Waals surface area contributed by atoms with Crippen LogP contribution in [0.4, 0.5) is 10.8 Å². The Morgan fingerprint density at radius 3 is 2.68 bits per heavy atom. The van der Waals surface area contributed by atoms with Crippen molar-refractivity contribution in [2.45, 2.75) is 13.0 Å². The second-order valence-corrected chi connectivity index (χ2v) is 7.71. The summed E-state index contributed by atoms with van der Waals surface area (Å²) in [5.74, 6) is -1.59. The highest BCUT2D eigenvalue weighted by Gasteiger charge is 2.20. The summed E-state index contributed by atoms with van der Waals surface area (Å²) in [5.41, 5.74) is 1.16. The van der Waals surface area contributed by atoms with Gasteiger partial charge in [0.15, 0.2) is 11.2 Å². The molecule has 34 heavy (non-hydrogen) atoms.